The number of benzene rings is 3. The molecule has 25 heavy (non-hydrogen) atoms. The van der Waals surface area contributed by atoms with E-state index in [0.717, 1.165) is 45.7 Å². The van der Waals surface area contributed by atoms with E-state index in [-0.39, 0.29) is 12.2 Å². The first kappa shape index (κ1) is 14.9. The molecular weight excluding hydrogens is 316 g/mol. The summed E-state index contributed by atoms with van der Waals surface area (Å²) in [5.74, 6) is -0.866. The van der Waals surface area contributed by atoms with Crippen LogP contribution < -0.4 is 0 Å². The van der Waals surface area contributed by atoms with E-state index in [1.54, 1.807) is 0 Å². The number of hydrogen-bond acceptors (Lipinski definition) is 3. The molecule has 0 spiro atoms. The minimum absolute atomic E-state index is 0.148. The first-order valence-corrected chi connectivity index (χ1v) is 8.63. The number of carboxylic acids is 1. The van der Waals surface area contributed by atoms with E-state index in [1.807, 2.05) is 24.3 Å². The van der Waals surface area contributed by atoms with Gasteiger partial charge in [-0.15, -0.1) is 0 Å². The average molecular weight is 334 g/mol. The Morgan fingerprint density at radius 2 is 1.60 bits per heavy atom. The van der Waals surface area contributed by atoms with Crippen LogP contribution in [0.5, 0.6) is 0 Å². The number of carboxylic acid groups (broad SMARTS) is 1. The van der Waals surface area contributed by atoms with Crippen molar-refractivity contribution in [2.75, 3.05) is 13.2 Å². The van der Waals surface area contributed by atoms with Gasteiger partial charge in [0.15, 0.2) is 0 Å². The molecule has 4 heteroatoms. The molecule has 1 N–H and O–H groups in total. The molecule has 3 aromatic rings. The Balaban J connectivity index is 1.79. The summed E-state index contributed by atoms with van der Waals surface area (Å²) in [5, 5.41) is 13.9. The molecule has 0 aromatic heterocycles. The van der Waals surface area contributed by atoms with Crippen LogP contribution >= 0.6 is 0 Å². The highest BCUT2D eigenvalue weighted by molar-refractivity contribution is 6.10. The maximum absolute atomic E-state index is 12.2. The monoisotopic (exact) mass is 334 g/mol. The van der Waals surface area contributed by atoms with Gasteiger partial charge in [-0.05, 0) is 44.8 Å². The topological polar surface area (TPSA) is 62.4 Å². The second kappa shape index (κ2) is 5.55. The predicted molar refractivity (Wildman–Crippen MR) is 95.3 cm³/mol. The molecule has 2 atom stereocenters. The quantitative estimate of drug-likeness (QED) is 0.572. The van der Waals surface area contributed by atoms with Gasteiger partial charge in [0.25, 0.3) is 0 Å². The average Bonchev–Trinajstić information content (AvgIpc) is 3.49. The first-order valence-electron chi connectivity index (χ1n) is 8.63. The van der Waals surface area contributed by atoms with Crippen molar-refractivity contribution in [3.8, 4) is 0 Å². The summed E-state index contributed by atoms with van der Waals surface area (Å²) in [5.41, 5.74) is 2.42. The molecule has 2 unspecified atom stereocenters. The number of carbonyl (C=O) groups is 1. The zero-order valence-electron chi connectivity index (χ0n) is 13.7. The third-order valence-electron chi connectivity index (χ3n) is 5.10. The summed E-state index contributed by atoms with van der Waals surface area (Å²) < 4.78 is 10.8. The van der Waals surface area contributed by atoms with Crippen LogP contribution in [-0.4, -0.2) is 36.5 Å². The smallest absolute Gasteiger partial charge is 0.336 e. The molecule has 2 saturated heterocycles. The van der Waals surface area contributed by atoms with Gasteiger partial charge in [-0.3, -0.25) is 0 Å². The van der Waals surface area contributed by atoms with E-state index < -0.39 is 5.97 Å². The fraction of sp³-hybridized carbons (Fsp3) is 0.286. The highest BCUT2D eigenvalue weighted by Crippen LogP contribution is 2.34. The fourth-order valence-corrected chi connectivity index (χ4v) is 3.70. The van der Waals surface area contributed by atoms with Crippen molar-refractivity contribution in [1.82, 2.24) is 0 Å². The standard InChI is InChI=1S/C21H18O4/c22-21(23)20-18-8-13-4-2-1-3-12(13)5-14(18)6-15(7-16-10-24-16)19(20)9-17-11-25-17/h1-6,8,16-17H,7,9-11H2,(H,22,23). The normalized spacial score (nSPS) is 21.6. The van der Waals surface area contributed by atoms with Crippen LogP contribution in [0.15, 0.2) is 42.5 Å². The molecule has 126 valence electrons. The van der Waals surface area contributed by atoms with Gasteiger partial charge in [-0.25, -0.2) is 4.79 Å². The minimum atomic E-state index is -0.866. The van der Waals surface area contributed by atoms with Crippen molar-refractivity contribution < 1.29 is 19.4 Å². The van der Waals surface area contributed by atoms with Crippen molar-refractivity contribution in [2.45, 2.75) is 25.0 Å². The highest BCUT2D eigenvalue weighted by atomic mass is 16.6. The summed E-state index contributed by atoms with van der Waals surface area (Å²) in [7, 11) is 0. The molecule has 5 rings (SSSR count). The van der Waals surface area contributed by atoms with Gasteiger partial charge < -0.3 is 14.6 Å². The van der Waals surface area contributed by atoms with Gasteiger partial charge in [-0.1, -0.05) is 30.3 Å². The Morgan fingerprint density at radius 3 is 2.24 bits per heavy atom. The predicted octanol–water partition coefficient (Wildman–Crippen LogP) is 3.57. The number of aromatic carboxylic acids is 1. The van der Waals surface area contributed by atoms with Gasteiger partial charge in [0.1, 0.15) is 0 Å². The number of ether oxygens (including phenoxy) is 2. The minimum Gasteiger partial charge on any atom is -0.478 e. The molecule has 3 aromatic carbocycles. The molecule has 2 fully saturated rings. The molecule has 0 bridgehead atoms. The Labute approximate surface area is 145 Å². The second-order valence-corrected chi connectivity index (χ2v) is 6.93. The highest BCUT2D eigenvalue weighted by Gasteiger charge is 2.31. The van der Waals surface area contributed by atoms with Crippen molar-refractivity contribution in [3.05, 3.63) is 59.2 Å². The van der Waals surface area contributed by atoms with Crippen LogP contribution in [0.1, 0.15) is 21.5 Å². The number of rotatable bonds is 5. The molecule has 0 aliphatic carbocycles. The van der Waals surface area contributed by atoms with Crippen LogP contribution in [0.3, 0.4) is 0 Å². The lowest BCUT2D eigenvalue weighted by atomic mass is 9.88. The van der Waals surface area contributed by atoms with Crippen LogP contribution in [0, 0.1) is 0 Å². The summed E-state index contributed by atoms with van der Waals surface area (Å²) in [6, 6.07) is 14.3. The van der Waals surface area contributed by atoms with Crippen molar-refractivity contribution in [3.63, 3.8) is 0 Å². The summed E-state index contributed by atoms with van der Waals surface area (Å²) >= 11 is 0. The van der Waals surface area contributed by atoms with Crippen molar-refractivity contribution in [2.24, 2.45) is 0 Å². The summed E-state index contributed by atoms with van der Waals surface area (Å²) in [4.78, 5) is 12.2. The van der Waals surface area contributed by atoms with Gasteiger partial charge in [0.05, 0.1) is 31.0 Å². The van der Waals surface area contributed by atoms with E-state index in [9.17, 15) is 9.90 Å². The third kappa shape index (κ3) is 2.77. The largest absolute Gasteiger partial charge is 0.478 e. The van der Waals surface area contributed by atoms with Crippen LogP contribution in [0.2, 0.25) is 0 Å². The van der Waals surface area contributed by atoms with Gasteiger partial charge in [0, 0.05) is 12.8 Å². The zero-order valence-corrected chi connectivity index (χ0v) is 13.7. The molecule has 0 saturated carbocycles. The number of fused-ring (bicyclic) bond motifs is 2. The van der Waals surface area contributed by atoms with Crippen molar-refractivity contribution >= 4 is 27.5 Å². The molecule has 4 nitrogen and oxygen atoms in total. The van der Waals surface area contributed by atoms with Gasteiger partial charge in [0.2, 0.25) is 0 Å². The Hall–Kier alpha value is -2.43. The van der Waals surface area contributed by atoms with Gasteiger partial charge >= 0.3 is 5.97 Å². The third-order valence-corrected chi connectivity index (χ3v) is 5.10. The van der Waals surface area contributed by atoms with E-state index in [0.29, 0.717) is 18.6 Å². The van der Waals surface area contributed by atoms with E-state index >= 15 is 0 Å². The lowest BCUT2D eigenvalue weighted by molar-refractivity contribution is 0.0697. The Bertz CT molecular complexity index is 1000. The van der Waals surface area contributed by atoms with E-state index in [1.165, 1.54) is 0 Å². The van der Waals surface area contributed by atoms with Crippen molar-refractivity contribution in [1.29, 1.82) is 0 Å². The molecule has 2 heterocycles. The fourth-order valence-electron chi connectivity index (χ4n) is 3.70. The lowest BCUT2D eigenvalue weighted by Crippen LogP contribution is -2.11. The molecule has 2 aliphatic rings. The Kier molecular flexibility index (Phi) is 3.30. The van der Waals surface area contributed by atoms with Gasteiger partial charge in [-0.2, -0.15) is 0 Å². The molecular formula is C21H18O4. The van der Waals surface area contributed by atoms with Crippen LogP contribution in [0.4, 0.5) is 0 Å². The Morgan fingerprint density at radius 1 is 0.960 bits per heavy atom. The zero-order chi connectivity index (χ0) is 17.0. The summed E-state index contributed by atoms with van der Waals surface area (Å²) in [6.45, 7) is 1.48. The number of epoxide rings is 2. The second-order valence-electron chi connectivity index (χ2n) is 6.93. The maximum atomic E-state index is 12.2. The SMILES string of the molecule is O=C(O)c1c(CC2CO2)c(CC2CO2)cc2cc3ccccc3cc12. The summed E-state index contributed by atoms with van der Waals surface area (Å²) in [6.07, 6.45) is 1.80. The maximum Gasteiger partial charge on any atom is 0.336 e. The lowest BCUT2D eigenvalue weighted by Gasteiger charge is -2.16. The van der Waals surface area contributed by atoms with Crippen LogP contribution in [-0.2, 0) is 22.3 Å². The van der Waals surface area contributed by atoms with Crippen LogP contribution in [0.25, 0.3) is 21.5 Å². The first-order chi connectivity index (χ1) is 12.2. The molecule has 0 radical (unpaired) electrons. The molecule has 2 aliphatic heterocycles. The van der Waals surface area contributed by atoms with E-state index in [2.05, 4.69) is 18.2 Å². The molecule has 0 amide bonds. The van der Waals surface area contributed by atoms with E-state index in [4.69, 9.17) is 9.47 Å². The number of hydrogen-bond donors (Lipinski definition) is 1.